The topological polar surface area (TPSA) is 59.9 Å². The molecule has 0 unspecified atom stereocenters. The van der Waals surface area contributed by atoms with Crippen molar-refractivity contribution in [1.29, 1.82) is 0 Å². The highest BCUT2D eigenvalue weighted by Gasteiger charge is 2.03. The molecule has 1 amide bonds. The van der Waals surface area contributed by atoms with Gasteiger partial charge in [0.1, 0.15) is 5.75 Å². The number of benzene rings is 2. The lowest BCUT2D eigenvalue weighted by molar-refractivity contribution is -0.120. The molecule has 0 saturated heterocycles. The number of hydrogen-bond acceptors (Lipinski definition) is 4. The number of rotatable bonds is 6. The third kappa shape index (κ3) is 4.63. The summed E-state index contributed by atoms with van der Waals surface area (Å²) in [6.45, 7) is 1.81. The third-order valence-corrected chi connectivity index (χ3v) is 2.90. The number of carbonyl (C=O) groups is 1. The standard InChI is InChI=1S/C17H18N2O3/c1-13-6-5-8-15(10-13)19-17(20)12-22-18-11-14-7-3-4-9-16(14)21-2/h3-11H,12H2,1-2H3,(H,19,20)/b18-11-. The van der Waals surface area contributed by atoms with Gasteiger partial charge in [-0.05, 0) is 36.8 Å². The summed E-state index contributed by atoms with van der Waals surface area (Å²) in [4.78, 5) is 16.7. The molecular formula is C17H18N2O3. The second-order valence-corrected chi connectivity index (χ2v) is 4.67. The highest BCUT2D eigenvalue weighted by atomic mass is 16.6. The Kier molecular flexibility index (Phi) is 5.54. The lowest BCUT2D eigenvalue weighted by Crippen LogP contribution is -2.17. The predicted octanol–water partition coefficient (Wildman–Crippen LogP) is 2.99. The van der Waals surface area contributed by atoms with E-state index in [1.807, 2.05) is 55.5 Å². The summed E-state index contributed by atoms with van der Waals surface area (Å²) in [7, 11) is 1.59. The molecule has 0 saturated carbocycles. The number of nitrogens with one attached hydrogen (secondary N) is 1. The Bertz CT molecular complexity index is 668. The van der Waals surface area contributed by atoms with E-state index < -0.39 is 0 Å². The van der Waals surface area contributed by atoms with Crippen LogP contribution in [0, 0.1) is 6.92 Å². The molecule has 0 bridgehead atoms. The zero-order valence-electron chi connectivity index (χ0n) is 12.6. The number of carbonyl (C=O) groups excluding carboxylic acids is 1. The molecule has 0 atom stereocenters. The van der Waals surface area contributed by atoms with Gasteiger partial charge in [-0.25, -0.2) is 0 Å². The first-order chi connectivity index (χ1) is 10.7. The molecule has 0 aliphatic rings. The monoisotopic (exact) mass is 298 g/mol. The number of para-hydroxylation sites is 1. The van der Waals surface area contributed by atoms with Gasteiger partial charge >= 0.3 is 0 Å². The molecule has 0 aliphatic carbocycles. The second kappa shape index (κ2) is 7.83. The van der Waals surface area contributed by atoms with Gasteiger partial charge in [0.2, 0.25) is 0 Å². The predicted molar refractivity (Wildman–Crippen MR) is 86.3 cm³/mol. The van der Waals surface area contributed by atoms with Crippen LogP contribution >= 0.6 is 0 Å². The fourth-order valence-corrected chi connectivity index (χ4v) is 1.88. The Balaban J connectivity index is 1.83. The van der Waals surface area contributed by atoms with E-state index in [1.165, 1.54) is 6.21 Å². The SMILES string of the molecule is COc1ccccc1/C=N\OCC(=O)Nc1cccc(C)c1. The number of methoxy groups -OCH3 is 1. The molecule has 0 aromatic heterocycles. The second-order valence-electron chi connectivity index (χ2n) is 4.67. The maximum absolute atomic E-state index is 11.7. The molecular weight excluding hydrogens is 280 g/mol. The zero-order chi connectivity index (χ0) is 15.8. The Morgan fingerprint density at radius 3 is 2.82 bits per heavy atom. The quantitative estimate of drug-likeness (QED) is 0.659. The van der Waals surface area contributed by atoms with Crippen LogP contribution in [0.15, 0.2) is 53.7 Å². The maximum Gasteiger partial charge on any atom is 0.265 e. The smallest absolute Gasteiger partial charge is 0.265 e. The zero-order valence-corrected chi connectivity index (χ0v) is 12.6. The number of oxime groups is 1. The number of anilines is 1. The van der Waals surface area contributed by atoms with Crippen LogP contribution in [-0.2, 0) is 9.63 Å². The molecule has 2 aromatic rings. The van der Waals surface area contributed by atoms with Gasteiger partial charge in [-0.3, -0.25) is 4.79 Å². The molecule has 0 radical (unpaired) electrons. The number of hydrogen-bond donors (Lipinski definition) is 1. The van der Waals surface area contributed by atoms with Crippen molar-refractivity contribution >= 4 is 17.8 Å². The number of amides is 1. The minimum atomic E-state index is -0.261. The average Bonchev–Trinajstić information content (AvgIpc) is 2.52. The fraction of sp³-hybridized carbons (Fsp3) is 0.176. The van der Waals surface area contributed by atoms with Gasteiger partial charge in [-0.1, -0.05) is 29.4 Å². The Hall–Kier alpha value is -2.82. The minimum absolute atomic E-state index is 0.153. The number of aryl methyl sites for hydroxylation is 1. The van der Waals surface area contributed by atoms with Crippen molar-refractivity contribution in [2.24, 2.45) is 5.16 Å². The summed E-state index contributed by atoms with van der Waals surface area (Å²) >= 11 is 0. The van der Waals surface area contributed by atoms with E-state index in [-0.39, 0.29) is 12.5 Å². The van der Waals surface area contributed by atoms with E-state index in [2.05, 4.69) is 10.5 Å². The maximum atomic E-state index is 11.7. The van der Waals surface area contributed by atoms with E-state index in [0.29, 0.717) is 5.75 Å². The van der Waals surface area contributed by atoms with Crippen LogP contribution < -0.4 is 10.1 Å². The van der Waals surface area contributed by atoms with Gasteiger partial charge in [0.05, 0.1) is 13.3 Å². The van der Waals surface area contributed by atoms with Crippen molar-refractivity contribution in [3.8, 4) is 5.75 Å². The van der Waals surface area contributed by atoms with Crippen LogP contribution in [0.25, 0.3) is 0 Å². The molecule has 0 spiro atoms. The molecule has 1 N–H and O–H groups in total. The van der Waals surface area contributed by atoms with Crippen molar-refractivity contribution in [2.45, 2.75) is 6.92 Å². The molecule has 2 aromatic carbocycles. The average molecular weight is 298 g/mol. The van der Waals surface area contributed by atoms with Gasteiger partial charge in [0.15, 0.2) is 6.61 Å². The minimum Gasteiger partial charge on any atom is -0.496 e. The first-order valence-electron chi connectivity index (χ1n) is 6.84. The fourth-order valence-electron chi connectivity index (χ4n) is 1.88. The van der Waals surface area contributed by atoms with Crippen LogP contribution in [0.4, 0.5) is 5.69 Å². The Morgan fingerprint density at radius 2 is 2.05 bits per heavy atom. The van der Waals surface area contributed by atoms with Crippen molar-refractivity contribution in [3.05, 3.63) is 59.7 Å². The first-order valence-corrected chi connectivity index (χ1v) is 6.84. The molecule has 0 fully saturated rings. The molecule has 0 aliphatic heterocycles. The van der Waals surface area contributed by atoms with E-state index in [4.69, 9.17) is 9.57 Å². The van der Waals surface area contributed by atoms with Crippen molar-refractivity contribution in [1.82, 2.24) is 0 Å². The molecule has 22 heavy (non-hydrogen) atoms. The van der Waals surface area contributed by atoms with Gasteiger partial charge in [-0.2, -0.15) is 0 Å². The molecule has 114 valence electrons. The van der Waals surface area contributed by atoms with Crippen molar-refractivity contribution in [2.75, 3.05) is 19.0 Å². The van der Waals surface area contributed by atoms with Crippen LogP contribution in [-0.4, -0.2) is 25.8 Å². The summed E-state index contributed by atoms with van der Waals surface area (Å²) in [5, 5.41) is 6.52. The summed E-state index contributed by atoms with van der Waals surface area (Å²) < 4.78 is 5.19. The third-order valence-electron chi connectivity index (χ3n) is 2.90. The highest BCUT2D eigenvalue weighted by molar-refractivity contribution is 5.91. The normalized spacial score (nSPS) is 10.5. The number of ether oxygens (including phenoxy) is 1. The highest BCUT2D eigenvalue weighted by Crippen LogP contribution is 2.14. The van der Waals surface area contributed by atoms with Crippen LogP contribution in [0.2, 0.25) is 0 Å². The van der Waals surface area contributed by atoms with Gasteiger partial charge in [0, 0.05) is 11.3 Å². The van der Waals surface area contributed by atoms with E-state index >= 15 is 0 Å². The van der Waals surface area contributed by atoms with Gasteiger partial charge in [-0.15, -0.1) is 0 Å². The van der Waals surface area contributed by atoms with Crippen LogP contribution in [0.1, 0.15) is 11.1 Å². The van der Waals surface area contributed by atoms with Gasteiger partial charge < -0.3 is 14.9 Å². The summed E-state index contributed by atoms with van der Waals surface area (Å²) in [5.41, 5.74) is 2.60. The molecule has 0 heterocycles. The lowest BCUT2D eigenvalue weighted by atomic mass is 10.2. The first kappa shape index (κ1) is 15.6. The molecule has 5 heteroatoms. The summed E-state index contributed by atoms with van der Waals surface area (Å²) in [6, 6.07) is 15.0. The summed E-state index contributed by atoms with van der Waals surface area (Å²) in [6.07, 6.45) is 1.51. The van der Waals surface area contributed by atoms with Gasteiger partial charge in [0.25, 0.3) is 5.91 Å². The molecule has 2 rings (SSSR count). The lowest BCUT2D eigenvalue weighted by Gasteiger charge is -2.05. The van der Waals surface area contributed by atoms with Crippen LogP contribution in [0.3, 0.4) is 0 Å². The van der Waals surface area contributed by atoms with E-state index in [0.717, 1.165) is 16.8 Å². The number of nitrogens with zero attached hydrogens (tertiary/aromatic N) is 1. The van der Waals surface area contributed by atoms with Crippen molar-refractivity contribution < 1.29 is 14.4 Å². The largest absolute Gasteiger partial charge is 0.496 e. The molecule has 5 nitrogen and oxygen atoms in total. The summed E-state index contributed by atoms with van der Waals surface area (Å²) in [5.74, 6) is 0.432. The van der Waals surface area contributed by atoms with E-state index in [1.54, 1.807) is 7.11 Å². The Labute approximate surface area is 129 Å². The Morgan fingerprint density at radius 1 is 1.23 bits per heavy atom. The van der Waals surface area contributed by atoms with Crippen molar-refractivity contribution in [3.63, 3.8) is 0 Å². The van der Waals surface area contributed by atoms with Crippen LogP contribution in [0.5, 0.6) is 5.75 Å². The van der Waals surface area contributed by atoms with E-state index in [9.17, 15) is 4.79 Å².